The molecule has 0 bridgehead atoms. The van der Waals surface area contributed by atoms with Gasteiger partial charge in [-0.3, -0.25) is 4.79 Å². The molecule has 4 heterocycles. The highest BCUT2D eigenvalue weighted by molar-refractivity contribution is 5.97. The summed E-state index contributed by atoms with van der Waals surface area (Å²) in [7, 11) is 5.01. The van der Waals surface area contributed by atoms with Crippen molar-refractivity contribution in [1.29, 1.82) is 0 Å². The number of amides is 2. The highest BCUT2D eigenvalue weighted by Crippen LogP contribution is 2.44. The Morgan fingerprint density at radius 1 is 0.947 bits per heavy atom. The van der Waals surface area contributed by atoms with Gasteiger partial charge in [0.05, 0.1) is 17.3 Å². The Balaban J connectivity index is 1.33. The molecule has 1 aliphatic carbocycles. The average molecular weight is 774 g/mol. The third-order valence-electron chi connectivity index (χ3n) is 10.6. The van der Waals surface area contributed by atoms with Crippen molar-refractivity contribution < 1.29 is 23.8 Å². The zero-order valence-electron chi connectivity index (χ0n) is 33.6. The normalized spacial score (nSPS) is 15.9. The van der Waals surface area contributed by atoms with Gasteiger partial charge in [-0.15, -0.1) is 12.3 Å². The van der Waals surface area contributed by atoms with Crippen molar-refractivity contribution in [2.24, 2.45) is 13.0 Å². The molecule has 5 aromatic rings. The van der Waals surface area contributed by atoms with Crippen molar-refractivity contribution in [3.63, 3.8) is 0 Å². The predicted molar refractivity (Wildman–Crippen MR) is 220 cm³/mol. The molecule has 1 atom stereocenters. The van der Waals surface area contributed by atoms with Crippen LogP contribution >= 0.6 is 0 Å². The van der Waals surface area contributed by atoms with E-state index >= 15 is 0 Å². The molecule has 2 fully saturated rings. The lowest BCUT2D eigenvalue weighted by Crippen LogP contribution is -2.43. The zero-order valence-corrected chi connectivity index (χ0v) is 33.6. The fourth-order valence-corrected chi connectivity index (χ4v) is 7.20. The Hall–Kier alpha value is -5.87. The number of nitrogens with one attached hydrogen (secondary N) is 1. The summed E-state index contributed by atoms with van der Waals surface area (Å²) in [4.78, 5) is 58.1. The lowest BCUT2D eigenvalue weighted by atomic mass is 9.87. The lowest BCUT2D eigenvalue weighted by Gasteiger charge is -2.36. The molecule has 2 aromatic carbocycles. The van der Waals surface area contributed by atoms with Crippen LogP contribution in [0.2, 0.25) is 0 Å². The number of aromatic amines is 1. The number of hydrogen-bond donors (Lipinski definition) is 1. The van der Waals surface area contributed by atoms with Crippen molar-refractivity contribution in [2.45, 2.75) is 63.8 Å². The van der Waals surface area contributed by atoms with E-state index in [1.54, 1.807) is 31.9 Å². The van der Waals surface area contributed by atoms with Crippen molar-refractivity contribution in [1.82, 2.24) is 29.3 Å². The number of ether oxygens (including phenoxy) is 3. The summed E-state index contributed by atoms with van der Waals surface area (Å²) in [6, 6.07) is 17.7. The maximum Gasteiger partial charge on any atom is 0.410 e. The Kier molecular flexibility index (Phi) is 11.0. The molecule has 2 aliphatic rings. The number of aromatic nitrogens is 4. The van der Waals surface area contributed by atoms with E-state index in [2.05, 4.69) is 15.8 Å². The molecule has 13 heteroatoms. The van der Waals surface area contributed by atoms with Gasteiger partial charge < -0.3 is 38.5 Å². The fourth-order valence-electron chi connectivity index (χ4n) is 7.20. The first-order valence-electron chi connectivity index (χ1n) is 19.5. The molecule has 1 saturated heterocycles. The second-order valence-corrected chi connectivity index (χ2v) is 16.1. The number of nitrogens with zero attached hydrogens (tertiary/aromatic N) is 6. The molecule has 1 saturated carbocycles. The molecular weight excluding hydrogens is 723 g/mol. The standard InChI is InChI=1S/C44H51N7O6/c1-8-29-19-22-51(23-20-29)40-46-36-17-14-30(35-27-50(7)39(52)37-33(35)18-21-45-37)26-34(36)38(47-40)44(56-32-15-16-32,31-12-10-9-11-13-31)28-55-41(53)48(5)24-25-49(6)42(54)57-43(2,3)4/h1,9-14,17-18,21,26-27,29,32,45H,15-16,19-20,22-25,28H2,2-7H3. The third-order valence-corrected chi connectivity index (χ3v) is 10.6. The van der Waals surface area contributed by atoms with Crippen LogP contribution in [0.3, 0.4) is 0 Å². The molecule has 1 N–H and O–H groups in total. The first-order valence-corrected chi connectivity index (χ1v) is 19.5. The van der Waals surface area contributed by atoms with Gasteiger partial charge in [0.15, 0.2) is 5.60 Å². The lowest BCUT2D eigenvalue weighted by molar-refractivity contribution is -0.0735. The highest BCUT2D eigenvalue weighted by atomic mass is 16.6. The van der Waals surface area contributed by atoms with Gasteiger partial charge >= 0.3 is 12.2 Å². The van der Waals surface area contributed by atoms with E-state index in [0.717, 1.165) is 53.1 Å². The third kappa shape index (κ3) is 8.46. The van der Waals surface area contributed by atoms with Crippen LogP contribution in [0.15, 0.2) is 71.8 Å². The maximum atomic E-state index is 13.8. The van der Waals surface area contributed by atoms with Crippen molar-refractivity contribution >= 4 is 39.9 Å². The van der Waals surface area contributed by atoms with Gasteiger partial charge in [-0.1, -0.05) is 36.4 Å². The number of carbonyl (C=O) groups excluding carboxylic acids is 2. The van der Waals surface area contributed by atoms with E-state index in [9.17, 15) is 14.4 Å². The summed E-state index contributed by atoms with van der Waals surface area (Å²) >= 11 is 0. The fraction of sp³-hybridized carbons (Fsp3) is 0.432. The van der Waals surface area contributed by atoms with Gasteiger partial charge in [0, 0.05) is 82.0 Å². The van der Waals surface area contributed by atoms with Crippen molar-refractivity contribution in [2.75, 3.05) is 51.8 Å². The summed E-state index contributed by atoms with van der Waals surface area (Å²) in [6.07, 6.45) is 11.6. The average Bonchev–Trinajstić information content (AvgIpc) is 3.89. The predicted octanol–water partition coefficient (Wildman–Crippen LogP) is 6.68. The molecule has 0 spiro atoms. The SMILES string of the molecule is C#CC1CCN(c2nc(C(COC(=O)N(C)CCN(C)C(=O)OC(C)(C)C)(OC3CC3)c3ccccc3)c3cc(-c4cn(C)c(=O)c5[nH]ccc45)ccc3n2)CC1. The highest BCUT2D eigenvalue weighted by Gasteiger charge is 2.46. The largest absolute Gasteiger partial charge is 0.446 e. The Morgan fingerprint density at radius 2 is 1.65 bits per heavy atom. The molecule has 0 radical (unpaired) electrons. The van der Waals surface area contributed by atoms with Gasteiger partial charge in [0.2, 0.25) is 5.95 Å². The monoisotopic (exact) mass is 773 g/mol. The number of carbonyl (C=O) groups is 2. The van der Waals surface area contributed by atoms with Crippen LogP contribution < -0.4 is 10.5 Å². The molecule has 57 heavy (non-hydrogen) atoms. The summed E-state index contributed by atoms with van der Waals surface area (Å²) in [5, 5.41) is 1.52. The minimum absolute atomic E-state index is 0.0877. The summed E-state index contributed by atoms with van der Waals surface area (Å²) in [5.41, 5.74) is 2.16. The van der Waals surface area contributed by atoms with Crippen LogP contribution in [-0.4, -0.2) is 100 Å². The van der Waals surface area contributed by atoms with E-state index in [1.807, 2.05) is 81.6 Å². The number of likely N-dealkylation sites (N-methyl/N-ethyl adjacent to an activating group) is 2. The van der Waals surface area contributed by atoms with Gasteiger partial charge in [-0.2, -0.15) is 0 Å². The van der Waals surface area contributed by atoms with E-state index < -0.39 is 23.4 Å². The molecule has 1 aliphatic heterocycles. The molecule has 298 valence electrons. The van der Waals surface area contributed by atoms with Crippen molar-refractivity contribution in [3.8, 4) is 23.5 Å². The van der Waals surface area contributed by atoms with Crippen molar-refractivity contribution in [3.05, 3.63) is 88.6 Å². The minimum atomic E-state index is -1.34. The maximum absolute atomic E-state index is 13.8. The Morgan fingerprint density at radius 3 is 2.32 bits per heavy atom. The first-order chi connectivity index (χ1) is 27.3. The second-order valence-electron chi connectivity index (χ2n) is 16.1. The topological polar surface area (TPSA) is 135 Å². The Bertz CT molecular complexity index is 2370. The molecule has 7 rings (SSSR count). The minimum Gasteiger partial charge on any atom is -0.446 e. The number of anilines is 1. The van der Waals surface area contributed by atoms with Crippen LogP contribution in [-0.2, 0) is 26.9 Å². The van der Waals surface area contributed by atoms with Gasteiger partial charge in [-0.25, -0.2) is 19.6 Å². The smallest absolute Gasteiger partial charge is 0.410 e. The number of terminal acetylenes is 1. The number of H-pyrrole nitrogens is 1. The number of aryl methyl sites for hydroxylation is 1. The Labute approximate surface area is 332 Å². The molecule has 2 amide bonds. The number of pyridine rings is 1. The van der Waals surface area contributed by atoms with E-state index in [4.69, 9.17) is 30.6 Å². The summed E-state index contributed by atoms with van der Waals surface area (Å²) in [5.74, 6) is 3.65. The second kappa shape index (κ2) is 15.9. The number of rotatable bonds is 11. The number of piperidine rings is 1. The summed E-state index contributed by atoms with van der Waals surface area (Å²) in [6.45, 7) is 7.08. The molecular formula is C44H51N7O6. The first kappa shape index (κ1) is 39.4. The number of fused-ring (bicyclic) bond motifs is 2. The zero-order chi connectivity index (χ0) is 40.5. The quantitative estimate of drug-likeness (QED) is 0.146. The van der Waals surface area contributed by atoms with E-state index in [0.29, 0.717) is 35.8 Å². The molecule has 3 aromatic heterocycles. The van der Waals surface area contributed by atoms with Crippen LogP contribution in [0, 0.1) is 18.3 Å². The van der Waals surface area contributed by atoms with Crippen LogP contribution in [0.25, 0.3) is 32.9 Å². The number of benzene rings is 2. The molecule has 1 unspecified atom stereocenters. The van der Waals surface area contributed by atoms with Crippen LogP contribution in [0.5, 0.6) is 0 Å². The summed E-state index contributed by atoms with van der Waals surface area (Å²) < 4.78 is 20.4. The van der Waals surface area contributed by atoms with Crippen LogP contribution in [0.1, 0.15) is 57.7 Å². The number of hydrogen-bond acceptors (Lipinski definition) is 9. The van der Waals surface area contributed by atoms with Gasteiger partial charge in [-0.05, 0) is 75.8 Å². The van der Waals surface area contributed by atoms with Gasteiger partial charge in [0.25, 0.3) is 5.56 Å². The molecule has 13 nitrogen and oxygen atoms in total. The van der Waals surface area contributed by atoms with Crippen LogP contribution in [0.4, 0.5) is 15.5 Å². The van der Waals surface area contributed by atoms with Gasteiger partial charge in [0.1, 0.15) is 17.7 Å². The van der Waals surface area contributed by atoms with E-state index in [1.165, 1.54) is 9.80 Å². The van der Waals surface area contributed by atoms with E-state index in [-0.39, 0.29) is 37.3 Å².